The lowest BCUT2D eigenvalue weighted by Crippen LogP contribution is -2.38. The molecule has 1 atom stereocenters. The average molecular weight is 173 g/mol. The summed E-state index contributed by atoms with van der Waals surface area (Å²) in [6, 6.07) is -0.845. The van der Waals surface area contributed by atoms with E-state index in [4.69, 9.17) is 5.11 Å². The molecule has 0 saturated heterocycles. The van der Waals surface area contributed by atoms with Gasteiger partial charge in [0.2, 0.25) is 0 Å². The van der Waals surface area contributed by atoms with E-state index in [-0.39, 0.29) is 6.61 Å². The summed E-state index contributed by atoms with van der Waals surface area (Å²) in [5, 5.41) is 10.2. The molecule has 68 valence electrons. The van der Waals surface area contributed by atoms with Crippen LogP contribution in [0.4, 0.5) is 4.79 Å². The molecule has 0 rings (SSSR count). The Morgan fingerprint density at radius 1 is 1.75 bits per heavy atom. The van der Waals surface area contributed by atoms with Crippen molar-refractivity contribution in [3.63, 3.8) is 0 Å². The number of carbonyl (C=O) groups excluding carboxylic acids is 1. The Morgan fingerprint density at radius 3 is 2.75 bits per heavy atom. The lowest BCUT2D eigenvalue weighted by molar-refractivity contribution is -0.144. The van der Waals surface area contributed by atoms with Gasteiger partial charge in [0, 0.05) is 0 Å². The first-order valence-corrected chi connectivity index (χ1v) is 3.35. The molecule has 1 amide bonds. The third-order valence-electron chi connectivity index (χ3n) is 1.04. The molecule has 0 spiro atoms. The molecule has 0 aromatic rings. The first-order chi connectivity index (χ1) is 5.57. The van der Waals surface area contributed by atoms with Crippen molar-refractivity contribution in [2.24, 2.45) is 0 Å². The lowest BCUT2D eigenvalue weighted by Gasteiger charge is -2.09. The molecule has 0 radical (unpaired) electrons. The molecule has 1 unspecified atom stereocenters. The third-order valence-corrected chi connectivity index (χ3v) is 1.04. The molecule has 0 aliphatic carbocycles. The zero-order chi connectivity index (χ0) is 9.56. The van der Waals surface area contributed by atoms with Crippen LogP contribution in [-0.4, -0.2) is 29.8 Å². The standard InChI is InChI=1S/C7H11NO4/c1-3-4-12-6(9)5(2)8-7(10)11/h3,5,8H,1,4H2,2H3,(H,10,11). The van der Waals surface area contributed by atoms with Crippen LogP contribution in [0.2, 0.25) is 0 Å². The van der Waals surface area contributed by atoms with E-state index in [0.29, 0.717) is 0 Å². The van der Waals surface area contributed by atoms with Gasteiger partial charge in [-0.1, -0.05) is 12.7 Å². The van der Waals surface area contributed by atoms with Gasteiger partial charge in [0.15, 0.2) is 0 Å². The highest BCUT2D eigenvalue weighted by Gasteiger charge is 2.15. The van der Waals surface area contributed by atoms with Crippen molar-refractivity contribution in [1.29, 1.82) is 0 Å². The lowest BCUT2D eigenvalue weighted by atomic mass is 10.3. The van der Waals surface area contributed by atoms with Crippen molar-refractivity contribution in [1.82, 2.24) is 5.32 Å². The fourth-order valence-electron chi connectivity index (χ4n) is 0.510. The van der Waals surface area contributed by atoms with Crippen LogP contribution in [0.15, 0.2) is 12.7 Å². The number of hydrogen-bond donors (Lipinski definition) is 2. The molecule has 0 aliphatic heterocycles. The molecule has 0 aromatic carbocycles. The highest BCUT2D eigenvalue weighted by Crippen LogP contribution is 1.87. The van der Waals surface area contributed by atoms with Crippen molar-refractivity contribution in [3.05, 3.63) is 12.7 Å². The predicted octanol–water partition coefficient (Wildman–Crippen LogP) is 0.372. The van der Waals surface area contributed by atoms with Gasteiger partial charge >= 0.3 is 12.1 Å². The van der Waals surface area contributed by atoms with Gasteiger partial charge in [-0.3, -0.25) is 0 Å². The maximum Gasteiger partial charge on any atom is 0.405 e. The van der Waals surface area contributed by atoms with Crippen LogP contribution in [-0.2, 0) is 9.53 Å². The van der Waals surface area contributed by atoms with E-state index in [1.54, 1.807) is 0 Å². The summed E-state index contributed by atoms with van der Waals surface area (Å²) >= 11 is 0. The monoisotopic (exact) mass is 173 g/mol. The van der Waals surface area contributed by atoms with Crippen LogP contribution in [0.5, 0.6) is 0 Å². The minimum atomic E-state index is -1.25. The van der Waals surface area contributed by atoms with Gasteiger partial charge in [-0.2, -0.15) is 0 Å². The van der Waals surface area contributed by atoms with Gasteiger partial charge in [0.1, 0.15) is 12.6 Å². The van der Waals surface area contributed by atoms with Crippen LogP contribution in [0.25, 0.3) is 0 Å². The highest BCUT2D eigenvalue weighted by molar-refractivity contribution is 5.80. The Kier molecular flexibility index (Phi) is 4.52. The maximum atomic E-state index is 10.8. The number of amides is 1. The van der Waals surface area contributed by atoms with E-state index in [2.05, 4.69) is 11.3 Å². The molecule has 0 aliphatic rings. The van der Waals surface area contributed by atoms with Gasteiger partial charge < -0.3 is 15.2 Å². The number of nitrogens with one attached hydrogen (secondary N) is 1. The van der Waals surface area contributed by atoms with Gasteiger partial charge in [0.25, 0.3) is 0 Å². The third kappa shape index (κ3) is 4.32. The molecular formula is C7H11NO4. The normalized spacial score (nSPS) is 11.4. The molecule has 0 bridgehead atoms. The van der Waals surface area contributed by atoms with Gasteiger partial charge in [0.05, 0.1) is 0 Å². The first-order valence-electron chi connectivity index (χ1n) is 3.35. The number of carboxylic acid groups (broad SMARTS) is 1. The molecule has 12 heavy (non-hydrogen) atoms. The molecule has 5 nitrogen and oxygen atoms in total. The molecule has 0 saturated carbocycles. The SMILES string of the molecule is C=CCOC(=O)C(C)NC(=O)O. The van der Waals surface area contributed by atoms with Gasteiger partial charge in [-0.25, -0.2) is 9.59 Å². The Hall–Kier alpha value is -1.52. The number of rotatable bonds is 4. The predicted molar refractivity (Wildman–Crippen MR) is 41.8 cm³/mol. The summed E-state index contributed by atoms with van der Waals surface area (Å²) in [6.45, 7) is 4.83. The highest BCUT2D eigenvalue weighted by atomic mass is 16.5. The Bertz CT molecular complexity index is 190. The first kappa shape index (κ1) is 10.5. The molecule has 0 aromatic heterocycles. The van der Waals surface area contributed by atoms with Crippen molar-refractivity contribution < 1.29 is 19.4 Å². The molecular weight excluding hydrogens is 162 g/mol. The second-order valence-electron chi connectivity index (χ2n) is 2.09. The van der Waals surface area contributed by atoms with Gasteiger partial charge in [-0.15, -0.1) is 0 Å². The van der Waals surface area contributed by atoms with Crippen LogP contribution >= 0.6 is 0 Å². The minimum Gasteiger partial charge on any atom is -0.465 e. The topological polar surface area (TPSA) is 75.6 Å². The average Bonchev–Trinajstić information content (AvgIpc) is 1.98. The Labute approximate surface area is 70.0 Å². The minimum absolute atomic E-state index is 0.0878. The largest absolute Gasteiger partial charge is 0.465 e. The zero-order valence-corrected chi connectivity index (χ0v) is 6.74. The van der Waals surface area contributed by atoms with E-state index in [1.165, 1.54) is 13.0 Å². The molecule has 5 heteroatoms. The summed E-state index contributed by atoms with van der Waals surface area (Å²) in [7, 11) is 0. The van der Waals surface area contributed by atoms with Gasteiger partial charge in [-0.05, 0) is 6.92 Å². The Balaban J connectivity index is 3.76. The van der Waals surface area contributed by atoms with E-state index >= 15 is 0 Å². The van der Waals surface area contributed by atoms with E-state index in [1.807, 2.05) is 5.32 Å². The second-order valence-corrected chi connectivity index (χ2v) is 2.09. The summed E-state index contributed by atoms with van der Waals surface area (Å²) in [4.78, 5) is 20.9. The van der Waals surface area contributed by atoms with Crippen molar-refractivity contribution >= 4 is 12.1 Å². The smallest absolute Gasteiger partial charge is 0.405 e. The van der Waals surface area contributed by atoms with Crippen LogP contribution in [0.1, 0.15) is 6.92 Å². The summed E-state index contributed by atoms with van der Waals surface area (Å²) < 4.78 is 4.57. The quantitative estimate of drug-likeness (QED) is 0.475. The summed E-state index contributed by atoms with van der Waals surface area (Å²) in [5.41, 5.74) is 0. The van der Waals surface area contributed by atoms with E-state index < -0.39 is 18.1 Å². The maximum absolute atomic E-state index is 10.8. The van der Waals surface area contributed by atoms with E-state index in [9.17, 15) is 9.59 Å². The molecule has 0 heterocycles. The number of ether oxygens (including phenoxy) is 1. The zero-order valence-electron chi connectivity index (χ0n) is 6.74. The number of esters is 1. The van der Waals surface area contributed by atoms with Crippen molar-refractivity contribution in [2.45, 2.75) is 13.0 Å². The second kappa shape index (κ2) is 5.17. The fraction of sp³-hybridized carbons (Fsp3) is 0.429. The van der Waals surface area contributed by atoms with Crippen LogP contribution < -0.4 is 5.32 Å². The van der Waals surface area contributed by atoms with Crippen molar-refractivity contribution in [2.75, 3.05) is 6.61 Å². The Morgan fingerprint density at radius 2 is 2.33 bits per heavy atom. The summed E-state index contributed by atoms with van der Waals surface area (Å²) in [6.07, 6.45) is 0.156. The number of hydrogen-bond acceptors (Lipinski definition) is 3. The summed E-state index contributed by atoms with van der Waals surface area (Å²) in [5.74, 6) is -0.614. The van der Waals surface area contributed by atoms with E-state index in [0.717, 1.165) is 0 Å². The van der Waals surface area contributed by atoms with Crippen LogP contribution in [0, 0.1) is 0 Å². The van der Waals surface area contributed by atoms with Crippen molar-refractivity contribution in [3.8, 4) is 0 Å². The molecule has 2 N–H and O–H groups in total. The number of carbonyl (C=O) groups is 2. The fourth-order valence-corrected chi connectivity index (χ4v) is 0.510. The molecule has 0 fully saturated rings. The van der Waals surface area contributed by atoms with Crippen LogP contribution in [0.3, 0.4) is 0 Å².